The van der Waals surface area contributed by atoms with E-state index in [0.717, 1.165) is 6.54 Å². The molecule has 1 aliphatic heterocycles. The molecule has 1 heterocycles. The Bertz CT molecular complexity index is 1020. The first-order valence-electron chi connectivity index (χ1n) is 9.80. The molecule has 3 rings (SSSR count). The number of ketones is 1. The first-order chi connectivity index (χ1) is 14.7. The van der Waals surface area contributed by atoms with Gasteiger partial charge >= 0.3 is 0 Å². The number of rotatable bonds is 7. The zero-order valence-corrected chi connectivity index (χ0v) is 18.4. The summed E-state index contributed by atoms with van der Waals surface area (Å²) in [6.45, 7) is 1.06. The number of phenols is 1. The number of methoxy groups -OCH3 is 1. The molecule has 8 heteroatoms. The number of benzene rings is 2. The molecule has 1 unspecified atom stereocenters. The summed E-state index contributed by atoms with van der Waals surface area (Å²) in [6, 6.07) is 10.2. The number of ether oxygens (including phenoxy) is 1. The number of halogens is 1. The van der Waals surface area contributed by atoms with Gasteiger partial charge in [0, 0.05) is 17.1 Å². The van der Waals surface area contributed by atoms with Crippen molar-refractivity contribution in [3.05, 3.63) is 64.2 Å². The Morgan fingerprint density at radius 1 is 1.16 bits per heavy atom. The van der Waals surface area contributed by atoms with Gasteiger partial charge in [-0.3, -0.25) is 9.59 Å². The summed E-state index contributed by atoms with van der Waals surface area (Å²) in [4.78, 5) is 29.3. The summed E-state index contributed by atoms with van der Waals surface area (Å²) < 4.78 is 5.20. The molecule has 0 aliphatic carbocycles. The van der Waals surface area contributed by atoms with Gasteiger partial charge in [-0.25, -0.2) is 0 Å². The SMILES string of the molecule is COc1cc(C2C(=C(O)c3ccc(Cl)cc3)C(=O)C(=O)N2CCCN(C)C)ccc1O. The van der Waals surface area contributed by atoms with Crippen molar-refractivity contribution in [2.24, 2.45) is 0 Å². The number of aliphatic hydroxyl groups is 1. The van der Waals surface area contributed by atoms with Crippen LogP contribution in [0.2, 0.25) is 5.02 Å². The molecular formula is C23H25ClN2O5. The van der Waals surface area contributed by atoms with E-state index in [4.69, 9.17) is 16.3 Å². The molecule has 31 heavy (non-hydrogen) atoms. The minimum absolute atomic E-state index is 0.00933. The van der Waals surface area contributed by atoms with E-state index in [9.17, 15) is 19.8 Å². The van der Waals surface area contributed by atoms with Gasteiger partial charge in [-0.2, -0.15) is 0 Å². The number of aromatic hydroxyl groups is 1. The predicted octanol–water partition coefficient (Wildman–Crippen LogP) is 3.43. The topological polar surface area (TPSA) is 90.3 Å². The minimum atomic E-state index is -0.813. The molecule has 0 radical (unpaired) electrons. The van der Waals surface area contributed by atoms with E-state index in [1.807, 2.05) is 19.0 Å². The van der Waals surface area contributed by atoms with Crippen molar-refractivity contribution in [1.82, 2.24) is 9.80 Å². The summed E-state index contributed by atoms with van der Waals surface area (Å²) in [5.41, 5.74) is 0.922. The van der Waals surface area contributed by atoms with Gasteiger partial charge in [0.1, 0.15) is 5.76 Å². The zero-order valence-electron chi connectivity index (χ0n) is 17.6. The zero-order chi connectivity index (χ0) is 22.7. The van der Waals surface area contributed by atoms with Crippen molar-refractivity contribution in [2.75, 3.05) is 34.3 Å². The van der Waals surface area contributed by atoms with E-state index in [1.165, 1.54) is 18.1 Å². The molecule has 2 N–H and O–H groups in total. The first-order valence-corrected chi connectivity index (χ1v) is 10.2. The number of hydrogen-bond acceptors (Lipinski definition) is 6. The maximum atomic E-state index is 13.0. The van der Waals surface area contributed by atoms with Crippen LogP contribution in [0.3, 0.4) is 0 Å². The number of Topliss-reactive ketones (excluding diaryl/α,β-unsaturated/α-hetero) is 1. The normalized spacial score (nSPS) is 18.1. The molecule has 0 aromatic heterocycles. The van der Waals surface area contributed by atoms with Gasteiger partial charge in [0.05, 0.1) is 18.7 Å². The molecular weight excluding hydrogens is 420 g/mol. The molecule has 0 saturated carbocycles. The second kappa shape index (κ2) is 9.41. The van der Waals surface area contributed by atoms with Gasteiger partial charge < -0.3 is 24.7 Å². The Morgan fingerprint density at radius 2 is 1.84 bits per heavy atom. The van der Waals surface area contributed by atoms with Gasteiger partial charge in [0.25, 0.3) is 11.7 Å². The van der Waals surface area contributed by atoms with Crippen LogP contribution in [-0.4, -0.2) is 66.0 Å². The highest BCUT2D eigenvalue weighted by Gasteiger charge is 2.46. The molecule has 1 amide bonds. The van der Waals surface area contributed by atoms with Crippen LogP contribution in [0.5, 0.6) is 11.5 Å². The van der Waals surface area contributed by atoms with Crippen molar-refractivity contribution < 1.29 is 24.5 Å². The van der Waals surface area contributed by atoms with E-state index in [0.29, 0.717) is 29.1 Å². The standard InChI is InChI=1S/C23H25ClN2O5/c1-25(2)11-4-12-26-20(15-7-10-17(27)18(13-15)31-3)19(22(29)23(26)30)21(28)14-5-8-16(24)9-6-14/h5-10,13,20,27-28H,4,11-12H2,1-3H3. The lowest BCUT2D eigenvalue weighted by molar-refractivity contribution is -0.139. The molecule has 164 valence electrons. The van der Waals surface area contributed by atoms with E-state index in [-0.39, 0.29) is 22.8 Å². The van der Waals surface area contributed by atoms with E-state index < -0.39 is 17.7 Å². The van der Waals surface area contributed by atoms with Crippen LogP contribution >= 0.6 is 11.6 Å². The molecule has 1 fully saturated rings. The van der Waals surface area contributed by atoms with Gasteiger partial charge in [-0.05, 0) is 69.0 Å². The lowest BCUT2D eigenvalue weighted by Gasteiger charge is -2.26. The molecule has 0 bridgehead atoms. The predicted molar refractivity (Wildman–Crippen MR) is 118 cm³/mol. The minimum Gasteiger partial charge on any atom is -0.507 e. The molecule has 7 nitrogen and oxygen atoms in total. The number of nitrogens with zero attached hydrogens (tertiary/aromatic N) is 2. The maximum absolute atomic E-state index is 13.0. The maximum Gasteiger partial charge on any atom is 0.295 e. The molecule has 1 atom stereocenters. The van der Waals surface area contributed by atoms with Crippen LogP contribution in [0.1, 0.15) is 23.6 Å². The second-order valence-electron chi connectivity index (χ2n) is 7.59. The smallest absolute Gasteiger partial charge is 0.295 e. The lowest BCUT2D eigenvalue weighted by atomic mass is 9.95. The van der Waals surface area contributed by atoms with Crippen LogP contribution in [0, 0.1) is 0 Å². The summed E-state index contributed by atoms with van der Waals surface area (Å²) >= 11 is 5.94. The fourth-order valence-electron chi connectivity index (χ4n) is 3.64. The van der Waals surface area contributed by atoms with Crippen molar-refractivity contribution in [2.45, 2.75) is 12.5 Å². The van der Waals surface area contributed by atoms with Crippen molar-refractivity contribution in [3.63, 3.8) is 0 Å². The fourth-order valence-corrected chi connectivity index (χ4v) is 3.77. The van der Waals surface area contributed by atoms with Crippen LogP contribution in [-0.2, 0) is 9.59 Å². The first kappa shape index (κ1) is 22.7. The van der Waals surface area contributed by atoms with Crippen LogP contribution in [0.15, 0.2) is 48.0 Å². The number of phenolic OH excluding ortho intramolecular Hbond substituents is 1. The lowest BCUT2D eigenvalue weighted by Crippen LogP contribution is -2.32. The number of likely N-dealkylation sites (tertiary alicyclic amines) is 1. The van der Waals surface area contributed by atoms with Crippen molar-refractivity contribution >= 4 is 29.1 Å². The van der Waals surface area contributed by atoms with Gasteiger partial charge in [-0.1, -0.05) is 17.7 Å². The van der Waals surface area contributed by atoms with Gasteiger partial charge in [0.15, 0.2) is 11.5 Å². The Labute approximate surface area is 186 Å². The molecule has 1 aliphatic rings. The summed E-state index contributed by atoms with van der Waals surface area (Å²) in [7, 11) is 5.27. The summed E-state index contributed by atoms with van der Waals surface area (Å²) in [5.74, 6) is -1.56. The molecule has 1 saturated heterocycles. The average Bonchev–Trinajstić information content (AvgIpc) is 2.99. The Balaban J connectivity index is 2.13. The Hall–Kier alpha value is -3.03. The highest BCUT2D eigenvalue weighted by Crippen LogP contribution is 2.41. The Kier molecular flexibility index (Phi) is 6.87. The number of amides is 1. The number of carbonyl (C=O) groups excluding carboxylic acids is 2. The quantitative estimate of drug-likeness (QED) is 0.386. The third kappa shape index (κ3) is 4.68. The van der Waals surface area contributed by atoms with Crippen molar-refractivity contribution in [1.29, 1.82) is 0 Å². The number of carbonyl (C=O) groups is 2. The van der Waals surface area contributed by atoms with E-state index in [1.54, 1.807) is 36.4 Å². The summed E-state index contributed by atoms with van der Waals surface area (Å²) in [6.07, 6.45) is 0.646. The summed E-state index contributed by atoms with van der Waals surface area (Å²) in [5, 5.41) is 21.5. The fraction of sp³-hybridized carbons (Fsp3) is 0.304. The van der Waals surface area contributed by atoms with E-state index >= 15 is 0 Å². The number of hydrogen-bond donors (Lipinski definition) is 2. The second-order valence-corrected chi connectivity index (χ2v) is 8.02. The van der Waals surface area contributed by atoms with Gasteiger partial charge in [0.2, 0.25) is 0 Å². The molecule has 2 aromatic rings. The van der Waals surface area contributed by atoms with Crippen LogP contribution < -0.4 is 4.74 Å². The monoisotopic (exact) mass is 444 g/mol. The van der Waals surface area contributed by atoms with Crippen LogP contribution in [0.4, 0.5) is 0 Å². The van der Waals surface area contributed by atoms with Gasteiger partial charge in [-0.15, -0.1) is 0 Å². The largest absolute Gasteiger partial charge is 0.507 e. The number of aliphatic hydroxyl groups excluding tert-OH is 1. The average molecular weight is 445 g/mol. The van der Waals surface area contributed by atoms with E-state index in [2.05, 4.69) is 0 Å². The highest BCUT2D eigenvalue weighted by molar-refractivity contribution is 6.46. The van der Waals surface area contributed by atoms with Crippen LogP contribution in [0.25, 0.3) is 5.76 Å². The van der Waals surface area contributed by atoms with Crippen molar-refractivity contribution in [3.8, 4) is 11.5 Å². The molecule has 2 aromatic carbocycles. The third-order valence-corrected chi connectivity index (χ3v) is 5.43. The third-order valence-electron chi connectivity index (χ3n) is 5.18. The highest BCUT2D eigenvalue weighted by atomic mass is 35.5. The Morgan fingerprint density at radius 3 is 2.45 bits per heavy atom. The molecule has 0 spiro atoms.